The first-order valence-electron chi connectivity index (χ1n) is 6.95. The topological polar surface area (TPSA) is 69.8 Å². The van der Waals surface area contributed by atoms with Crippen molar-refractivity contribution in [3.8, 4) is 0 Å². The first kappa shape index (κ1) is 16.8. The van der Waals surface area contributed by atoms with Gasteiger partial charge in [0.2, 0.25) is 0 Å². The molecule has 3 aromatic rings. The molecule has 0 N–H and O–H groups in total. The number of aromatic nitrogens is 4. The second-order valence-electron chi connectivity index (χ2n) is 5.13. The van der Waals surface area contributed by atoms with Crippen molar-refractivity contribution in [2.24, 2.45) is 14.1 Å². The van der Waals surface area contributed by atoms with Crippen LogP contribution in [0.2, 0.25) is 0 Å². The molecule has 0 atom stereocenters. The summed E-state index contributed by atoms with van der Waals surface area (Å²) in [7, 11) is 2.98. The van der Waals surface area contributed by atoms with Gasteiger partial charge in [0.05, 0.1) is 16.4 Å². The lowest BCUT2D eigenvalue weighted by Crippen LogP contribution is -2.37. The largest absolute Gasteiger partial charge is 0.332 e. The Kier molecular flexibility index (Phi) is 4.51. The van der Waals surface area contributed by atoms with Crippen LogP contribution in [0.1, 0.15) is 11.3 Å². The summed E-state index contributed by atoms with van der Waals surface area (Å²) in [5, 5.41) is 0. The SMILES string of the molecule is Cn1c(=O)c2nc(/C(Br)=C(\Br)c3ccccc3)cnc2n(C)c1=O. The lowest BCUT2D eigenvalue weighted by Gasteiger charge is -2.08. The van der Waals surface area contributed by atoms with Crippen molar-refractivity contribution < 1.29 is 0 Å². The minimum absolute atomic E-state index is 0.141. The predicted octanol–water partition coefficient (Wildman–Crippen LogP) is 2.64. The fraction of sp³-hybridized carbons (Fsp3) is 0.125. The Bertz CT molecular complexity index is 1080. The summed E-state index contributed by atoms with van der Waals surface area (Å²) in [6.07, 6.45) is 1.52. The van der Waals surface area contributed by atoms with E-state index in [4.69, 9.17) is 0 Å². The molecule has 8 heteroatoms. The lowest BCUT2D eigenvalue weighted by molar-refractivity contribution is 0.704. The molecule has 3 rings (SSSR count). The van der Waals surface area contributed by atoms with E-state index in [-0.39, 0.29) is 11.2 Å². The molecule has 2 heterocycles. The highest BCUT2D eigenvalue weighted by Crippen LogP contribution is 2.34. The van der Waals surface area contributed by atoms with Crippen molar-refractivity contribution in [2.45, 2.75) is 0 Å². The van der Waals surface area contributed by atoms with E-state index in [1.54, 1.807) is 7.05 Å². The van der Waals surface area contributed by atoms with E-state index in [0.717, 1.165) is 14.6 Å². The van der Waals surface area contributed by atoms with Gasteiger partial charge in [0.1, 0.15) is 0 Å². The van der Waals surface area contributed by atoms with Crippen LogP contribution in [0.5, 0.6) is 0 Å². The summed E-state index contributed by atoms with van der Waals surface area (Å²) < 4.78 is 3.78. The van der Waals surface area contributed by atoms with Gasteiger partial charge in [0.15, 0.2) is 11.2 Å². The van der Waals surface area contributed by atoms with E-state index < -0.39 is 11.2 Å². The Hall–Kier alpha value is -2.06. The van der Waals surface area contributed by atoms with Crippen LogP contribution >= 0.6 is 31.9 Å². The van der Waals surface area contributed by atoms with Gasteiger partial charge in [-0.05, 0) is 37.4 Å². The quantitative estimate of drug-likeness (QED) is 0.600. The van der Waals surface area contributed by atoms with E-state index in [1.807, 2.05) is 30.3 Å². The number of rotatable bonds is 2. The smallest absolute Gasteiger partial charge is 0.279 e. The number of benzene rings is 1. The Labute approximate surface area is 153 Å². The van der Waals surface area contributed by atoms with Crippen LogP contribution in [0.4, 0.5) is 0 Å². The summed E-state index contributed by atoms with van der Waals surface area (Å²) in [4.78, 5) is 32.9. The van der Waals surface area contributed by atoms with Crippen LogP contribution in [-0.2, 0) is 14.1 Å². The van der Waals surface area contributed by atoms with Crippen molar-refractivity contribution in [2.75, 3.05) is 0 Å². The molecule has 0 spiro atoms. The highest BCUT2D eigenvalue weighted by molar-refractivity contribution is 9.18. The van der Waals surface area contributed by atoms with E-state index in [2.05, 4.69) is 41.8 Å². The molecule has 1 aromatic carbocycles. The maximum atomic E-state index is 12.3. The van der Waals surface area contributed by atoms with Gasteiger partial charge in [0, 0.05) is 18.6 Å². The first-order valence-corrected chi connectivity index (χ1v) is 8.54. The molecule has 0 aliphatic carbocycles. The minimum atomic E-state index is -0.474. The molecule has 0 aliphatic rings. The average Bonchev–Trinajstić information content (AvgIpc) is 2.63. The van der Waals surface area contributed by atoms with Crippen molar-refractivity contribution in [3.63, 3.8) is 0 Å². The van der Waals surface area contributed by atoms with E-state index >= 15 is 0 Å². The molecule has 0 fully saturated rings. The van der Waals surface area contributed by atoms with Gasteiger partial charge < -0.3 is 0 Å². The van der Waals surface area contributed by atoms with Crippen molar-refractivity contribution >= 4 is 52.0 Å². The minimum Gasteiger partial charge on any atom is -0.279 e. The second kappa shape index (κ2) is 6.45. The molecule has 0 unspecified atom stereocenters. The maximum Gasteiger partial charge on any atom is 0.332 e. The number of hydrogen-bond acceptors (Lipinski definition) is 4. The number of hydrogen-bond donors (Lipinski definition) is 0. The average molecular weight is 452 g/mol. The number of fused-ring (bicyclic) bond motifs is 1. The molecule has 0 radical (unpaired) electrons. The van der Waals surface area contributed by atoms with Gasteiger partial charge in [-0.3, -0.25) is 13.9 Å². The molecular formula is C16H12Br2N4O2. The predicted molar refractivity (Wildman–Crippen MR) is 101 cm³/mol. The van der Waals surface area contributed by atoms with Crippen molar-refractivity contribution in [3.05, 3.63) is 68.6 Å². The Morgan fingerprint density at radius 1 is 1.00 bits per heavy atom. The molecule has 0 bridgehead atoms. The highest BCUT2D eigenvalue weighted by atomic mass is 79.9. The van der Waals surface area contributed by atoms with E-state index in [9.17, 15) is 9.59 Å². The van der Waals surface area contributed by atoms with E-state index in [0.29, 0.717) is 10.2 Å². The standard InChI is InChI=1S/C16H12Br2N4O2/c1-21-14-13(15(23)22(2)16(21)24)20-10(8-19-14)12(18)11(17)9-6-4-3-5-7-9/h3-8H,1-2H3/b12-11+. The summed E-state index contributed by atoms with van der Waals surface area (Å²) in [6.45, 7) is 0. The fourth-order valence-electron chi connectivity index (χ4n) is 2.26. The van der Waals surface area contributed by atoms with Crippen LogP contribution in [0.15, 0.2) is 46.1 Å². The Balaban J connectivity index is 2.26. The monoisotopic (exact) mass is 450 g/mol. The van der Waals surface area contributed by atoms with Gasteiger partial charge >= 0.3 is 5.69 Å². The molecule has 0 aliphatic heterocycles. The Morgan fingerprint density at radius 2 is 1.67 bits per heavy atom. The van der Waals surface area contributed by atoms with Gasteiger partial charge in [-0.25, -0.2) is 14.8 Å². The zero-order chi connectivity index (χ0) is 17.4. The molecule has 122 valence electrons. The third-order valence-electron chi connectivity index (χ3n) is 3.60. The summed E-state index contributed by atoms with van der Waals surface area (Å²) in [5.74, 6) is 0. The maximum absolute atomic E-state index is 12.3. The highest BCUT2D eigenvalue weighted by Gasteiger charge is 2.14. The third kappa shape index (κ3) is 2.76. The molecule has 2 aromatic heterocycles. The Morgan fingerprint density at radius 3 is 2.33 bits per heavy atom. The summed E-state index contributed by atoms with van der Waals surface area (Å²) >= 11 is 7.04. The normalized spacial score (nSPS) is 12.3. The first-order chi connectivity index (χ1) is 11.4. The zero-order valence-corrected chi connectivity index (χ0v) is 16.0. The van der Waals surface area contributed by atoms with Crippen molar-refractivity contribution in [1.82, 2.24) is 19.1 Å². The van der Waals surface area contributed by atoms with Crippen LogP contribution in [-0.4, -0.2) is 19.1 Å². The number of halogens is 2. The molecular weight excluding hydrogens is 440 g/mol. The van der Waals surface area contributed by atoms with Crippen LogP contribution in [0.25, 0.3) is 20.1 Å². The van der Waals surface area contributed by atoms with Crippen molar-refractivity contribution in [1.29, 1.82) is 0 Å². The van der Waals surface area contributed by atoms with Gasteiger partial charge in [-0.1, -0.05) is 30.3 Å². The fourth-order valence-corrected chi connectivity index (χ4v) is 3.15. The van der Waals surface area contributed by atoms with Gasteiger partial charge in [-0.2, -0.15) is 0 Å². The molecule has 0 saturated carbocycles. The molecule has 0 amide bonds. The third-order valence-corrected chi connectivity index (χ3v) is 5.79. The van der Waals surface area contributed by atoms with E-state index in [1.165, 1.54) is 17.8 Å². The van der Waals surface area contributed by atoms with Crippen LogP contribution < -0.4 is 11.2 Å². The lowest BCUT2D eigenvalue weighted by atomic mass is 10.2. The zero-order valence-electron chi connectivity index (χ0n) is 12.8. The van der Waals surface area contributed by atoms with Gasteiger partial charge in [0.25, 0.3) is 5.56 Å². The molecule has 0 saturated heterocycles. The summed E-state index contributed by atoms with van der Waals surface area (Å²) in [6, 6.07) is 9.67. The summed E-state index contributed by atoms with van der Waals surface area (Å²) in [5.41, 5.74) is 0.937. The number of aryl methyl sites for hydroxylation is 1. The van der Waals surface area contributed by atoms with Gasteiger partial charge in [-0.15, -0.1) is 0 Å². The second-order valence-corrected chi connectivity index (χ2v) is 6.71. The van der Waals surface area contributed by atoms with Crippen LogP contribution in [0, 0.1) is 0 Å². The number of nitrogens with zero attached hydrogens (tertiary/aromatic N) is 4. The molecule has 6 nitrogen and oxygen atoms in total. The van der Waals surface area contributed by atoms with Crippen LogP contribution in [0.3, 0.4) is 0 Å². The molecule has 24 heavy (non-hydrogen) atoms.